The second kappa shape index (κ2) is 8.80. The number of aliphatic hydroxyl groups excluding tert-OH is 2. The van der Waals surface area contributed by atoms with E-state index in [9.17, 15) is 20.4 Å². The van der Waals surface area contributed by atoms with Crippen LogP contribution in [0.5, 0.6) is 5.75 Å². The zero-order valence-electron chi connectivity index (χ0n) is 16.5. The van der Waals surface area contributed by atoms with E-state index in [2.05, 4.69) is 9.97 Å². The van der Waals surface area contributed by atoms with Gasteiger partial charge in [0.2, 0.25) is 0 Å². The zero-order valence-corrected chi connectivity index (χ0v) is 17.3. The van der Waals surface area contributed by atoms with Gasteiger partial charge in [0, 0.05) is 28.5 Å². The number of benzene rings is 2. The predicted octanol–water partition coefficient (Wildman–Crippen LogP) is 3.06. The molecule has 0 fully saturated rings. The molecule has 5 N–H and O–H groups in total. The van der Waals surface area contributed by atoms with Crippen LogP contribution in [0.1, 0.15) is 35.1 Å². The molecule has 0 saturated carbocycles. The summed E-state index contributed by atoms with van der Waals surface area (Å²) in [5.74, 6) is 0.518. The summed E-state index contributed by atoms with van der Waals surface area (Å²) >= 11 is 6.06. The van der Waals surface area contributed by atoms with E-state index in [0.29, 0.717) is 38.1 Å². The number of pyridine rings is 1. The van der Waals surface area contributed by atoms with E-state index < -0.39 is 12.6 Å². The lowest BCUT2D eigenvalue weighted by molar-refractivity contribution is -0.0542. The molecule has 0 aliphatic carbocycles. The summed E-state index contributed by atoms with van der Waals surface area (Å²) < 4.78 is 11.3. The van der Waals surface area contributed by atoms with Crippen LogP contribution in [0.3, 0.4) is 0 Å². The molecule has 0 aliphatic rings. The highest BCUT2D eigenvalue weighted by atomic mass is 35.5. The second-order valence-corrected chi connectivity index (χ2v) is 7.45. The van der Waals surface area contributed by atoms with Crippen molar-refractivity contribution in [2.24, 2.45) is 0 Å². The molecule has 162 valence electrons. The minimum Gasteiger partial charge on any atom is -0.488 e. The first-order valence-electron chi connectivity index (χ1n) is 9.46. The lowest BCUT2D eigenvalue weighted by Gasteiger charge is -2.16. The van der Waals surface area contributed by atoms with E-state index in [1.54, 1.807) is 30.3 Å². The summed E-state index contributed by atoms with van der Waals surface area (Å²) in [6.07, 6.45) is -3.86. The molecule has 0 bridgehead atoms. The molecule has 2 heterocycles. The highest BCUT2D eigenvalue weighted by Gasteiger charge is 2.25. The smallest absolute Gasteiger partial charge is 0.198 e. The molecular weight excluding hydrogens is 424 g/mol. The highest BCUT2D eigenvalue weighted by Crippen LogP contribution is 2.39. The molecule has 8 nitrogen and oxygen atoms in total. The van der Waals surface area contributed by atoms with E-state index in [0.717, 1.165) is 5.56 Å². The third-order valence-electron chi connectivity index (χ3n) is 4.96. The minimum atomic E-state index is -1.93. The van der Waals surface area contributed by atoms with Crippen molar-refractivity contribution in [2.45, 2.75) is 25.8 Å². The molecule has 2 aromatic heterocycles. The van der Waals surface area contributed by atoms with Gasteiger partial charge in [-0.3, -0.25) is 0 Å². The summed E-state index contributed by atoms with van der Waals surface area (Å²) in [7, 11) is 1.47. The molecule has 0 amide bonds. The number of rotatable bonds is 7. The largest absolute Gasteiger partial charge is 0.488 e. The first-order chi connectivity index (χ1) is 14.9. The number of aromatic nitrogens is 2. The van der Waals surface area contributed by atoms with Gasteiger partial charge < -0.3 is 34.9 Å². The second-order valence-electron chi connectivity index (χ2n) is 7.01. The number of methoxy groups -OCH3 is 1. The number of fused-ring (bicyclic) bond motifs is 3. The van der Waals surface area contributed by atoms with Crippen LogP contribution in [0.25, 0.3) is 21.8 Å². The molecule has 0 saturated heterocycles. The first-order valence-corrected chi connectivity index (χ1v) is 9.84. The number of nitrogens with one attached hydrogen (secondary N) is 1. The molecule has 0 unspecified atom stereocenters. The minimum absolute atomic E-state index is 0.0217. The van der Waals surface area contributed by atoms with Gasteiger partial charge in [-0.25, -0.2) is 4.98 Å². The van der Waals surface area contributed by atoms with Crippen LogP contribution < -0.4 is 4.74 Å². The molecule has 0 spiro atoms. The SMILES string of the molecule is COCc1c(C(O)O)nc(C(O)O)c2[nH]c3cccc(OCc4cccc(Cl)c4)c3c12. The summed E-state index contributed by atoms with van der Waals surface area (Å²) in [5, 5.41) is 41.2. The number of H-pyrrole nitrogens is 1. The number of aliphatic hydroxyl groups is 4. The van der Waals surface area contributed by atoms with Gasteiger partial charge in [-0.1, -0.05) is 29.8 Å². The van der Waals surface area contributed by atoms with Gasteiger partial charge in [0.1, 0.15) is 23.7 Å². The average Bonchev–Trinajstić information content (AvgIpc) is 3.12. The first kappa shape index (κ1) is 21.5. The Balaban J connectivity index is 1.95. The quantitative estimate of drug-likeness (QED) is 0.277. The Morgan fingerprint density at radius 1 is 0.968 bits per heavy atom. The van der Waals surface area contributed by atoms with Gasteiger partial charge in [0.25, 0.3) is 0 Å². The molecule has 0 atom stereocenters. The Bertz CT molecular complexity index is 1240. The van der Waals surface area contributed by atoms with E-state index in [1.807, 2.05) is 12.1 Å². The van der Waals surface area contributed by atoms with Crippen molar-refractivity contribution in [1.82, 2.24) is 9.97 Å². The Hall–Kier alpha value is -2.72. The fourth-order valence-electron chi connectivity index (χ4n) is 3.69. The fraction of sp³-hybridized carbons (Fsp3) is 0.227. The van der Waals surface area contributed by atoms with E-state index in [4.69, 9.17) is 21.1 Å². The maximum absolute atomic E-state index is 9.87. The Labute approximate surface area is 182 Å². The van der Waals surface area contributed by atoms with Crippen molar-refractivity contribution in [3.8, 4) is 5.75 Å². The molecule has 2 aromatic carbocycles. The number of halogens is 1. The van der Waals surface area contributed by atoms with Crippen molar-refractivity contribution < 1.29 is 29.9 Å². The van der Waals surface area contributed by atoms with Crippen molar-refractivity contribution >= 4 is 33.4 Å². The van der Waals surface area contributed by atoms with E-state index in [1.165, 1.54) is 7.11 Å². The molecule has 4 aromatic rings. The average molecular weight is 445 g/mol. The van der Waals surface area contributed by atoms with Gasteiger partial charge in [-0.15, -0.1) is 0 Å². The monoisotopic (exact) mass is 444 g/mol. The number of nitrogens with zero attached hydrogens (tertiary/aromatic N) is 1. The molecule has 9 heteroatoms. The Kier molecular flexibility index (Phi) is 6.10. The van der Waals surface area contributed by atoms with Crippen LogP contribution in [0.15, 0.2) is 42.5 Å². The molecule has 0 aliphatic heterocycles. The number of hydrogen-bond donors (Lipinski definition) is 5. The summed E-state index contributed by atoms with van der Waals surface area (Å²) in [6.45, 7) is 0.274. The van der Waals surface area contributed by atoms with Crippen molar-refractivity contribution in [3.63, 3.8) is 0 Å². The standard InChI is InChI=1S/C22H21ClN2O6/c1-30-10-13-16-17-14(24-19(16)20(22(28)29)25-18(13)21(26)27)6-3-7-15(17)31-9-11-4-2-5-12(23)8-11/h2-8,21-22,24,26-29H,9-10H2,1H3. The van der Waals surface area contributed by atoms with Gasteiger partial charge in [-0.05, 0) is 29.8 Å². The maximum Gasteiger partial charge on any atom is 0.198 e. The fourth-order valence-corrected chi connectivity index (χ4v) is 3.90. The molecule has 0 radical (unpaired) electrons. The molecule has 4 rings (SSSR count). The van der Waals surface area contributed by atoms with Crippen molar-refractivity contribution in [2.75, 3.05) is 7.11 Å². The number of ether oxygens (including phenoxy) is 2. The molecule has 31 heavy (non-hydrogen) atoms. The van der Waals surface area contributed by atoms with Crippen LogP contribution in [0, 0.1) is 0 Å². The number of aromatic amines is 1. The van der Waals surface area contributed by atoms with Crippen LogP contribution in [0.2, 0.25) is 5.02 Å². The number of hydrogen-bond acceptors (Lipinski definition) is 7. The molecular formula is C22H21ClN2O6. The summed E-state index contributed by atoms with van der Waals surface area (Å²) in [4.78, 5) is 7.22. The highest BCUT2D eigenvalue weighted by molar-refractivity contribution is 6.30. The third kappa shape index (κ3) is 4.09. The maximum atomic E-state index is 9.87. The van der Waals surface area contributed by atoms with Crippen molar-refractivity contribution in [1.29, 1.82) is 0 Å². The van der Waals surface area contributed by atoms with Crippen LogP contribution in [-0.2, 0) is 18.0 Å². The van der Waals surface area contributed by atoms with Crippen molar-refractivity contribution in [3.05, 3.63) is 70.0 Å². The van der Waals surface area contributed by atoms with Gasteiger partial charge in [-0.2, -0.15) is 0 Å². The van der Waals surface area contributed by atoms with Crippen LogP contribution in [-0.4, -0.2) is 37.5 Å². The lowest BCUT2D eigenvalue weighted by atomic mass is 10.0. The van der Waals surface area contributed by atoms with Gasteiger partial charge in [0.05, 0.1) is 17.6 Å². The normalized spacial score (nSPS) is 11.9. The Morgan fingerprint density at radius 3 is 2.39 bits per heavy atom. The lowest BCUT2D eigenvalue weighted by Crippen LogP contribution is -2.11. The zero-order chi connectivity index (χ0) is 22.1. The van der Waals surface area contributed by atoms with E-state index in [-0.39, 0.29) is 24.6 Å². The summed E-state index contributed by atoms with van der Waals surface area (Å²) in [5.41, 5.74) is 2.03. The topological polar surface area (TPSA) is 128 Å². The van der Waals surface area contributed by atoms with Gasteiger partial charge >= 0.3 is 0 Å². The van der Waals surface area contributed by atoms with Crippen LogP contribution >= 0.6 is 11.6 Å². The van der Waals surface area contributed by atoms with E-state index >= 15 is 0 Å². The summed E-state index contributed by atoms with van der Waals surface area (Å²) in [6, 6.07) is 12.7. The third-order valence-corrected chi connectivity index (χ3v) is 5.19. The Morgan fingerprint density at radius 2 is 1.71 bits per heavy atom. The van der Waals surface area contributed by atoms with Gasteiger partial charge in [0.15, 0.2) is 12.6 Å². The van der Waals surface area contributed by atoms with Crippen LogP contribution in [0.4, 0.5) is 0 Å². The predicted molar refractivity (Wildman–Crippen MR) is 114 cm³/mol.